The van der Waals surface area contributed by atoms with Gasteiger partial charge in [0.2, 0.25) is 5.91 Å². The number of aromatic nitrogens is 1. The topological polar surface area (TPSA) is 51.1 Å². The Morgan fingerprint density at radius 3 is 2.67 bits per heavy atom. The van der Waals surface area contributed by atoms with Crippen molar-refractivity contribution in [3.63, 3.8) is 0 Å². The second-order valence-electron chi connectivity index (χ2n) is 4.62. The summed E-state index contributed by atoms with van der Waals surface area (Å²) in [5.41, 5.74) is 0.786. The molecule has 0 bridgehead atoms. The Morgan fingerprint density at radius 2 is 1.95 bits per heavy atom. The zero-order chi connectivity index (χ0) is 15.4. The monoisotopic (exact) mass is 412 g/mol. The number of carbonyl (C=O) groups is 1. The minimum Gasteiger partial charge on any atom is -0.348 e. The van der Waals surface area contributed by atoms with E-state index >= 15 is 0 Å². The summed E-state index contributed by atoms with van der Waals surface area (Å²) >= 11 is 6.75. The zero-order valence-electron chi connectivity index (χ0n) is 11.3. The van der Waals surface area contributed by atoms with Crippen LogP contribution in [-0.4, -0.2) is 10.5 Å². The molecule has 4 nitrogen and oxygen atoms in total. The Kier molecular flexibility index (Phi) is 5.36. The molecular weight excluding hydrogens is 400 g/mol. The quantitative estimate of drug-likeness (QED) is 0.836. The van der Waals surface area contributed by atoms with Gasteiger partial charge < -0.3 is 9.88 Å². The first kappa shape index (κ1) is 16.0. The first-order chi connectivity index (χ1) is 9.97. The fourth-order valence-electron chi connectivity index (χ4n) is 1.97. The molecule has 1 heterocycles. The molecule has 1 aromatic heterocycles. The second-order valence-corrected chi connectivity index (χ2v) is 6.39. The van der Waals surface area contributed by atoms with Gasteiger partial charge in [0.1, 0.15) is 6.54 Å². The molecular formula is C15H14Br2N2O2. The maximum absolute atomic E-state index is 12.1. The third-order valence-corrected chi connectivity index (χ3v) is 4.20. The molecule has 6 heteroatoms. The Morgan fingerprint density at radius 1 is 1.24 bits per heavy atom. The standard InChI is InChI=1S/C15H14Br2N2O2/c1-10(12-4-2-3-5-13(12)17)18-14(20)9-19-8-11(16)6-7-15(19)21/h2-8,10H,9H2,1H3,(H,18,20). The molecule has 0 saturated heterocycles. The van der Waals surface area contributed by atoms with Crippen molar-refractivity contribution in [3.05, 3.63) is 67.5 Å². The van der Waals surface area contributed by atoms with Crippen molar-refractivity contribution >= 4 is 37.8 Å². The van der Waals surface area contributed by atoms with E-state index < -0.39 is 0 Å². The van der Waals surface area contributed by atoms with Crippen molar-refractivity contribution in [1.82, 2.24) is 9.88 Å². The first-order valence-electron chi connectivity index (χ1n) is 6.37. The number of carbonyl (C=O) groups excluding carboxylic acids is 1. The number of benzene rings is 1. The van der Waals surface area contributed by atoms with Crippen molar-refractivity contribution < 1.29 is 4.79 Å². The van der Waals surface area contributed by atoms with Crippen LogP contribution in [0.1, 0.15) is 18.5 Å². The van der Waals surface area contributed by atoms with Crippen molar-refractivity contribution in [3.8, 4) is 0 Å². The van der Waals surface area contributed by atoms with Crippen LogP contribution in [0.15, 0.2) is 56.3 Å². The van der Waals surface area contributed by atoms with Gasteiger partial charge in [0.05, 0.1) is 6.04 Å². The number of nitrogens with zero attached hydrogens (tertiary/aromatic N) is 1. The molecule has 1 amide bonds. The molecule has 1 unspecified atom stereocenters. The number of rotatable bonds is 4. The van der Waals surface area contributed by atoms with Crippen molar-refractivity contribution in [2.24, 2.45) is 0 Å². The third kappa shape index (κ3) is 4.28. The second kappa shape index (κ2) is 7.04. The van der Waals surface area contributed by atoms with E-state index in [2.05, 4.69) is 37.2 Å². The number of hydrogen-bond acceptors (Lipinski definition) is 2. The van der Waals surface area contributed by atoms with Crippen LogP contribution in [0.3, 0.4) is 0 Å². The summed E-state index contributed by atoms with van der Waals surface area (Å²) in [5, 5.41) is 2.89. The lowest BCUT2D eigenvalue weighted by Crippen LogP contribution is -2.33. The molecule has 0 aliphatic heterocycles. The molecule has 0 fully saturated rings. The smallest absolute Gasteiger partial charge is 0.251 e. The molecule has 1 atom stereocenters. The van der Waals surface area contributed by atoms with E-state index in [1.165, 1.54) is 10.6 Å². The lowest BCUT2D eigenvalue weighted by Gasteiger charge is -2.16. The van der Waals surface area contributed by atoms with E-state index in [4.69, 9.17) is 0 Å². The largest absolute Gasteiger partial charge is 0.348 e. The Hall–Kier alpha value is -1.40. The summed E-state index contributed by atoms with van der Waals surface area (Å²) < 4.78 is 3.07. The molecule has 21 heavy (non-hydrogen) atoms. The van der Waals surface area contributed by atoms with Crippen LogP contribution in [-0.2, 0) is 11.3 Å². The van der Waals surface area contributed by atoms with Gasteiger partial charge >= 0.3 is 0 Å². The van der Waals surface area contributed by atoms with Crippen LogP contribution in [0.5, 0.6) is 0 Å². The van der Waals surface area contributed by atoms with E-state index in [-0.39, 0.29) is 24.1 Å². The molecule has 1 N–H and O–H groups in total. The highest BCUT2D eigenvalue weighted by atomic mass is 79.9. The summed E-state index contributed by atoms with van der Waals surface area (Å²) in [6.45, 7) is 1.90. The van der Waals surface area contributed by atoms with E-state index in [0.717, 1.165) is 14.5 Å². The predicted molar refractivity (Wildman–Crippen MR) is 89.1 cm³/mol. The van der Waals surface area contributed by atoms with Gasteiger partial charge in [-0.25, -0.2) is 0 Å². The Labute approximate surface area is 139 Å². The van der Waals surface area contributed by atoms with E-state index in [1.807, 2.05) is 31.2 Å². The normalized spacial score (nSPS) is 12.0. The molecule has 110 valence electrons. The summed E-state index contributed by atoms with van der Waals surface area (Å²) in [6, 6.07) is 10.6. The lowest BCUT2D eigenvalue weighted by molar-refractivity contribution is -0.122. The van der Waals surface area contributed by atoms with Gasteiger partial charge in [-0.15, -0.1) is 0 Å². The van der Waals surface area contributed by atoms with E-state index in [0.29, 0.717) is 0 Å². The van der Waals surface area contributed by atoms with E-state index in [1.54, 1.807) is 12.3 Å². The first-order valence-corrected chi connectivity index (χ1v) is 7.96. The predicted octanol–water partition coefficient (Wildman–Crippen LogP) is 3.25. The number of amides is 1. The SMILES string of the molecule is CC(NC(=O)Cn1cc(Br)ccc1=O)c1ccccc1Br. The van der Waals surface area contributed by atoms with Crippen LogP contribution in [0.4, 0.5) is 0 Å². The maximum atomic E-state index is 12.1. The average Bonchev–Trinajstić information content (AvgIpc) is 2.43. The van der Waals surface area contributed by atoms with E-state index in [9.17, 15) is 9.59 Å². The Bertz CT molecular complexity index is 713. The fraction of sp³-hybridized carbons (Fsp3) is 0.200. The highest BCUT2D eigenvalue weighted by Crippen LogP contribution is 2.22. The molecule has 0 aliphatic carbocycles. The molecule has 2 aromatic rings. The van der Waals surface area contributed by atoms with Crippen molar-refractivity contribution in [1.29, 1.82) is 0 Å². The number of pyridine rings is 1. The fourth-order valence-corrected chi connectivity index (χ4v) is 2.98. The van der Waals surface area contributed by atoms with Gasteiger partial charge in [0, 0.05) is 21.2 Å². The lowest BCUT2D eigenvalue weighted by atomic mass is 10.1. The number of nitrogens with one attached hydrogen (secondary N) is 1. The molecule has 2 rings (SSSR count). The van der Waals surface area contributed by atoms with Gasteiger partial charge in [-0.2, -0.15) is 0 Å². The third-order valence-electron chi connectivity index (χ3n) is 3.01. The molecule has 0 spiro atoms. The molecule has 1 aromatic carbocycles. The minimum atomic E-state index is -0.210. The molecule has 0 saturated carbocycles. The Balaban J connectivity index is 2.07. The minimum absolute atomic E-state index is 0.00688. The zero-order valence-corrected chi connectivity index (χ0v) is 14.5. The van der Waals surface area contributed by atoms with Gasteiger partial charge in [-0.05, 0) is 40.5 Å². The van der Waals surface area contributed by atoms with Crippen LogP contribution in [0.25, 0.3) is 0 Å². The van der Waals surface area contributed by atoms with Gasteiger partial charge in [-0.3, -0.25) is 9.59 Å². The highest BCUT2D eigenvalue weighted by Gasteiger charge is 2.12. The van der Waals surface area contributed by atoms with Crippen molar-refractivity contribution in [2.45, 2.75) is 19.5 Å². The summed E-state index contributed by atoms with van der Waals surface area (Å²) in [7, 11) is 0. The van der Waals surface area contributed by atoms with Crippen molar-refractivity contribution in [2.75, 3.05) is 0 Å². The summed E-state index contributed by atoms with van der Waals surface area (Å²) in [4.78, 5) is 23.7. The summed E-state index contributed by atoms with van der Waals surface area (Å²) in [6.07, 6.45) is 1.60. The average molecular weight is 414 g/mol. The maximum Gasteiger partial charge on any atom is 0.251 e. The number of hydrogen-bond donors (Lipinski definition) is 1. The van der Waals surface area contributed by atoms with Gasteiger partial charge in [0.25, 0.3) is 5.56 Å². The molecule has 0 radical (unpaired) electrons. The van der Waals surface area contributed by atoms with Crippen LogP contribution in [0.2, 0.25) is 0 Å². The number of halogens is 2. The summed E-state index contributed by atoms with van der Waals surface area (Å²) in [5.74, 6) is -0.210. The van der Waals surface area contributed by atoms with Crippen LogP contribution < -0.4 is 10.9 Å². The van der Waals surface area contributed by atoms with Gasteiger partial charge in [0.15, 0.2) is 0 Å². The van der Waals surface area contributed by atoms with Crippen LogP contribution in [0, 0.1) is 0 Å². The molecule has 0 aliphatic rings. The highest BCUT2D eigenvalue weighted by molar-refractivity contribution is 9.10. The van der Waals surface area contributed by atoms with Crippen LogP contribution >= 0.6 is 31.9 Å². The van der Waals surface area contributed by atoms with Gasteiger partial charge in [-0.1, -0.05) is 34.1 Å².